The van der Waals surface area contributed by atoms with Crippen LogP contribution in [0.2, 0.25) is 0 Å². The molecule has 0 radical (unpaired) electrons. The number of hydrogen-bond donors (Lipinski definition) is 1. The van der Waals surface area contributed by atoms with Gasteiger partial charge in [0.25, 0.3) is 5.91 Å². The summed E-state index contributed by atoms with van der Waals surface area (Å²) in [5, 5.41) is 3.01. The van der Waals surface area contributed by atoms with Gasteiger partial charge in [-0.2, -0.15) is 0 Å². The molecule has 0 saturated carbocycles. The number of anilines is 1. The summed E-state index contributed by atoms with van der Waals surface area (Å²) < 4.78 is 0.813. The number of carbonyl (C=O) groups excluding carboxylic acids is 1. The van der Waals surface area contributed by atoms with E-state index in [2.05, 4.69) is 34.2 Å². The molecule has 104 valence electrons. The molecular formula is C17H18BrNO. The van der Waals surface area contributed by atoms with Crippen LogP contribution >= 0.6 is 15.9 Å². The minimum Gasteiger partial charge on any atom is -0.322 e. The molecule has 2 aromatic rings. The predicted octanol–water partition coefficient (Wildman–Crippen LogP) is 4.96. The quantitative estimate of drug-likeness (QED) is 0.842. The summed E-state index contributed by atoms with van der Waals surface area (Å²) in [7, 11) is 0. The highest BCUT2D eigenvalue weighted by Crippen LogP contribution is 2.22. The molecule has 3 heteroatoms. The van der Waals surface area contributed by atoms with Crippen LogP contribution in [0.5, 0.6) is 0 Å². The van der Waals surface area contributed by atoms with Crippen LogP contribution in [-0.4, -0.2) is 5.91 Å². The zero-order valence-electron chi connectivity index (χ0n) is 11.7. The summed E-state index contributed by atoms with van der Waals surface area (Å²) in [6.45, 7) is 4.12. The van der Waals surface area contributed by atoms with Crippen LogP contribution in [0.1, 0.15) is 34.8 Å². The normalized spacial score (nSPS) is 10.3. The first-order valence-electron chi connectivity index (χ1n) is 6.77. The van der Waals surface area contributed by atoms with Gasteiger partial charge in [-0.15, -0.1) is 0 Å². The molecule has 1 N–H and O–H groups in total. The van der Waals surface area contributed by atoms with E-state index in [0.717, 1.165) is 28.6 Å². The first-order chi connectivity index (χ1) is 9.61. The van der Waals surface area contributed by atoms with Crippen molar-refractivity contribution in [1.29, 1.82) is 0 Å². The topological polar surface area (TPSA) is 29.1 Å². The number of nitrogens with one attached hydrogen (secondary N) is 1. The molecule has 0 aromatic heterocycles. The Morgan fingerprint density at radius 2 is 1.95 bits per heavy atom. The average molecular weight is 332 g/mol. The van der Waals surface area contributed by atoms with E-state index in [1.54, 1.807) is 0 Å². The Kier molecular flexibility index (Phi) is 4.96. The third-order valence-corrected chi connectivity index (χ3v) is 3.84. The number of rotatable bonds is 4. The van der Waals surface area contributed by atoms with Gasteiger partial charge in [0.05, 0.1) is 5.56 Å². The molecule has 2 rings (SSSR count). The standard InChI is InChI=1S/C17H18BrNO/c1-3-6-13-7-4-5-8-16(13)19-17(20)14-11-12(2)9-10-15(14)18/h4-5,7-11H,3,6H2,1-2H3,(H,19,20). The summed E-state index contributed by atoms with van der Waals surface area (Å²) in [6.07, 6.45) is 2.02. The van der Waals surface area contributed by atoms with E-state index < -0.39 is 0 Å². The predicted molar refractivity (Wildman–Crippen MR) is 87.3 cm³/mol. The minimum absolute atomic E-state index is 0.0795. The summed E-state index contributed by atoms with van der Waals surface area (Å²) in [4.78, 5) is 12.4. The summed E-state index contributed by atoms with van der Waals surface area (Å²) in [5.74, 6) is -0.0795. The third kappa shape index (κ3) is 3.48. The van der Waals surface area contributed by atoms with Crippen molar-refractivity contribution >= 4 is 27.5 Å². The van der Waals surface area contributed by atoms with E-state index in [4.69, 9.17) is 0 Å². The zero-order chi connectivity index (χ0) is 14.5. The van der Waals surface area contributed by atoms with Gasteiger partial charge in [0, 0.05) is 10.2 Å². The highest BCUT2D eigenvalue weighted by Gasteiger charge is 2.12. The van der Waals surface area contributed by atoms with Crippen molar-refractivity contribution < 1.29 is 4.79 Å². The van der Waals surface area contributed by atoms with Crippen LogP contribution in [0, 0.1) is 6.92 Å². The first-order valence-corrected chi connectivity index (χ1v) is 7.56. The number of halogens is 1. The summed E-state index contributed by atoms with van der Waals surface area (Å²) >= 11 is 3.43. The second kappa shape index (κ2) is 6.71. The van der Waals surface area contributed by atoms with Crippen LogP contribution in [0.3, 0.4) is 0 Å². The lowest BCUT2D eigenvalue weighted by molar-refractivity contribution is 0.102. The number of para-hydroxylation sites is 1. The van der Waals surface area contributed by atoms with Crippen molar-refractivity contribution in [1.82, 2.24) is 0 Å². The first kappa shape index (κ1) is 14.8. The van der Waals surface area contributed by atoms with Gasteiger partial charge in [-0.25, -0.2) is 0 Å². The number of benzene rings is 2. The third-order valence-electron chi connectivity index (χ3n) is 3.15. The Balaban J connectivity index is 2.26. The van der Waals surface area contributed by atoms with Crippen molar-refractivity contribution in [3.8, 4) is 0 Å². The molecule has 20 heavy (non-hydrogen) atoms. The van der Waals surface area contributed by atoms with Crippen LogP contribution in [0.25, 0.3) is 0 Å². The number of hydrogen-bond acceptors (Lipinski definition) is 1. The summed E-state index contributed by atoms with van der Waals surface area (Å²) in [5.41, 5.74) is 3.80. The molecule has 0 heterocycles. The lowest BCUT2D eigenvalue weighted by Gasteiger charge is -2.11. The van der Waals surface area contributed by atoms with E-state index in [0.29, 0.717) is 5.56 Å². The van der Waals surface area contributed by atoms with Crippen molar-refractivity contribution in [2.45, 2.75) is 26.7 Å². The van der Waals surface area contributed by atoms with Gasteiger partial charge in [-0.05, 0) is 53.0 Å². The zero-order valence-corrected chi connectivity index (χ0v) is 13.3. The average Bonchev–Trinajstić information content (AvgIpc) is 2.44. The summed E-state index contributed by atoms with van der Waals surface area (Å²) in [6, 6.07) is 13.7. The molecule has 1 amide bonds. The van der Waals surface area contributed by atoms with Crippen molar-refractivity contribution in [3.63, 3.8) is 0 Å². The molecule has 0 fully saturated rings. The lowest BCUT2D eigenvalue weighted by atomic mass is 10.1. The fourth-order valence-electron chi connectivity index (χ4n) is 2.13. The van der Waals surface area contributed by atoms with E-state index in [1.807, 2.05) is 43.3 Å². The van der Waals surface area contributed by atoms with Gasteiger partial charge in [-0.3, -0.25) is 4.79 Å². The van der Waals surface area contributed by atoms with Gasteiger partial charge >= 0.3 is 0 Å². The highest BCUT2D eigenvalue weighted by molar-refractivity contribution is 9.10. The van der Waals surface area contributed by atoms with Gasteiger partial charge in [0.1, 0.15) is 0 Å². The van der Waals surface area contributed by atoms with Crippen LogP contribution in [0.4, 0.5) is 5.69 Å². The Labute approximate surface area is 128 Å². The van der Waals surface area contributed by atoms with Crippen molar-refractivity contribution in [3.05, 3.63) is 63.6 Å². The lowest BCUT2D eigenvalue weighted by Crippen LogP contribution is -2.14. The fourth-order valence-corrected chi connectivity index (χ4v) is 2.56. The van der Waals surface area contributed by atoms with E-state index in [9.17, 15) is 4.79 Å². The van der Waals surface area contributed by atoms with Gasteiger partial charge in [0.2, 0.25) is 0 Å². The smallest absolute Gasteiger partial charge is 0.256 e. The molecule has 0 bridgehead atoms. The number of amides is 1. The van der Waals surface area contributed by atoms with Crippen molar-refractivity contribution in [2.75, 3.05) is 5.32 Å². The van der Waals surface area contributed by atoms with E-state index in [-0.39, 0.29) is 5.91 Å². The Hall–Kier alpha value is -1.61. The largest absolute Gasteiger partial charge is 0.322 e. The fraction of sp³-hybridized carbons (Fsp3) is 0.235. The molecule has 0 aliphatic rings. The second-order valence-electron chi connectivity index (χ2n) is 4.84. The maximum Gasteiger partial charge on any atom is 0.256 e. The van der Waals surface area contributed by atoms with Gasteiger partial charge in [0.15, 0.2) is 0 Å². The molecule has 2 nitrogen and oxygen atoms in total. The maximum atomic E-state index is 12.4. The second-order valence-corrected chi connectivity index (χ2v) is 5.70. The van der Waals surface area contributed by atoms with E-state index in [1.165, 1.54) is 5.56 Å². The molecule has 0 unspecified atom stereocenters. The molecule has 0 spiro atoms. The Morgan fingerprint density at radius 3 is 2.70 bits per heavy atom. The molecule has 2 aromatic carbocycles. The SMILES string of the molecule is CCCc1ccccc1NC(=O)c1cc(C)ccc1Br. The van der Waals surface area contributed by atoms with Crippen LogP contribution in [0.15, 0.2) is 46.9 Å². The molecule has 0 aliphatic heterocycles. The molecular weight excluding hydrogens is 314 g/mol. The highest BCUT2D eigenvalue weighted by atomic mass is 79.9. The number of carbonyl (C=O) groups is 1. The monoisotopic (exact) mass is 331 g/mol. The molecule has 0 saturated heterocycles. The van der Waals surface area contributed by atoms with Crippen molar-refractivity contribution in [2.24, 2.45) is 0 Å². The van der Waals surface area contributed by atoms with Crippen LogP contribution in [-0.2, 0) is 6.42 Å². The maximum absolute atomic E-state index is 12.4. The minimum atomic E-state index is -0.0795. The molecule has 0 aliphatic carbocycles. The van der Waals surface area contributed by atoms with E-state index >= 15 is 0 Å². The Morgan fingerprint density at radius 1 is 1.20 bits per heavy atom. The van der Waals surface area contributed by atoms with Crippen LogP contribution < -0.4 is 5.32 Å². The Bertz CT molecular complexity index is 622. The van der Waals surface area contributed by atoms with Gasteiger partial charge in [-0.1, -0.05) is 43.2 Å². The molecule has 0 atom stereocenters. The number of aryl methyl sites for hydroxylation is 2. The van der Waals surface area contributed by atoms with Gasteiger partial charge < -0.3 is 5.32 Å².